The zero-order valence-electron chi connectivity index (χ0n) is 22.6. The Hall–Kier alpha value is -3.41. The molecule has 1 aliphatic carbocycles. The van der Waals surface area contributed by atoms with Crippen molar-refractivity contribution in [3.05, 3.63) is 87.2 Å². The van der Waals surface area contributed by atoms with E-state index in [0.29, 0.717) is 47.8 Å². The SMILES string of the molecule is O=Cc1cccc(C(=O)N2CCSC2C(=O)OC(Cc2c(Cl)cncc2Cl)c2ccc(OC(F)F)c(OCC3CC3)c2)c1. The molecule has 2 aromatic carbocycles. The van der Waals surface area contributed by atoms with Gasteiger partial charge in [-0.05, 0) is 54.2 Å². The van der Waals surface area contributed by atoms with E-state index in [0.717, 1.165) is 12.8 Å². The van der Waals surface area contributed by atoms with Crippen LogP contribution in [-0.2, 0) is 16.0 Å². The summed E-state index contributed by atoms with van der Waals surface area (Å²) in [7, 11) is 0. The molecule has 1 aliphatic heterocycles. The molecule has 0 radical (unpaired) electrons. The number of benzene rings is 2. The van der Waals surface area contributed by atoms with Crippen LogP contribution >= 0.6 is 35.0 Å². The minimum absolute atomic E-state index is 0.0236. The smallest absolute Gasteiger partial charge is 0.387 e. The lowest BCUT2D eigenvalue weighted by molar-refractivity contribution is -0.151. The minimum atomic E-state index is -3.06. The number of amides is 1. The second kappa shape index (κ2) is 13.9. The molecule has 2 aliphatic rings. The van der Waals surface area contributed by atoms with Crippen molar-refractivity contribution < 1.29 is 37.4 Å². The molecule has 5 rings (SSSR count). The Morgan fingerprint density at radius 3 is 2.56 bits per heavy atom. The molecule has 0 N–H and O–H groups in total. The first-order valence-electron chi connectivity index (χ1n) is 13.4. The predicted octanol–water partition coefficient (Wildman–Crippen LogP) is 6.63. The standard InChI is InChI=1S/C30H26Cl2F2N2O6S/c31-22-13-35-14-23(32)21(22)12-25(19-6-7-24(42-30(33)34)26(11-19)40-16-17-4-5-17)41-29(39)28-36(8-9-43-28)27(38)20-3-1-2-18(10-20)15-37/h1-3,6-7,10-11,13-15,17,25,28,30H,4-5,8-9,12,16H2. The second-order valence-corrected chi connectivity index (χ2v) is 12.0. The Bertz CT molecular complexity index is 1490. The van der Waals surface area contributed by atoms with Crippen molar-refractivity contribution in [2.45, 2.75) is 37.4 Å². The van der Waals surface area contributed by atoms with Crippen molar-refractivity contribution in [3.8, 4) is 11.5 Å². The van der Waals surface area contributed by atoms with E-state index in [9.17, 15) is 23.2 Å². The highest BCUT2D eigenvalue weighted by Crippen LogP contribution is 2.39. The number of hydrogen-bond acceptors (Lipinski definition) is 8. The third kappa shape index (κ3) is 7.76. The van der Waals surface area contributed by atoms with Gasteiger partial charge in [0.1, 0.15) is 12.4 Å². The molecule has 1 aromatic heterocycles. The van der Waals surface area contributed by atoms with Crippen LogP contribution in [0.25, 0.3) is 0 Å². The fraction of sp³-hybridized carbons (Fsp3) is 0.333. The summed E-state index contributed by atoms with van der Waals surface area (Å²) in [6, 6.07) is 10.5. The summed E-state index contributed by atoms with van der Waals surface area (Å²) < 4.78 is 42.8. The van der Waals surface area contributed by atoms with E-state index in [2.05, 4.69) is 9.72 Å². The quantitative estimate of drug-likeness (QED) is 0.159. The Morgan fingerprint density at radius 1 is 1.09 bits per heavy atom. The number of thioether (sulfide) groups is 1. The molecule has 2 unspecified atom stereocenters. The van der Waals surface area contributed by atoms with Crippen LogP contribution in [0.15, 0.2) is 54.9 Å². The summed E-state index contributed by atoms with van der Waals surface area (Å²) >= 11 is 14.0. The van der Waals surface area contributed by atoms with Gasteiger partial charge in [0, 0.05) is 42.2 Å². The number of rotatable bonds is 12. The largest absolute Gasteiger partial charge is 0.489 e. The highest BCUT2D eigenvalue weighted by atomic mass is 35.5. The van der Waals surface area contributed by atoms with Gasteiger partial charge in [0.15, 0.2) is 16.9 Å². The number of esters is 1. The number of aldehydes is 1. The lowest BCUT2D eigenvalue weighted by Gasteiger charge is -2.26. The number of carbonyl (C=O) groups is 3. The van der Waals surface area contributed by atoms with E-state index >= 15 is 0 Å². The topological polar surface area (TPSA) is 95.0 Å². The highest BCUT2D eigenvalue weighted by Gasteiger charge is 2.38. The van der Waals surface area contributed by atoms with Gasteiger partial charge in [-0.25, -0.2) is 4.79 Å². The van der Waals surface area contributed by atoms with E-state index in [1.807, 2.05) is 0 Å². The van der Waals surface area contributed by atoms with Gasteiger partial charge in [0.05, 0.1) is 16.7 Å². The molecule has 13 heteroatoms. The Kier molecular flexibility index (Phi) is 10.0. The average molecular weight is 652 g/mol. The van der Waals surface area contributed by atoms with Crippen LogP contribution in [0.1, 0.15) is 50.8 Å². The lowest BCUT2D eigenvalue weighted by atomic mass is 10.0. The van der Waals surface area contributed by atoms with Gasteiger partial charge in [-0.3, -0.25) is 14.6 Å². The predicted molar refractivity (Wildman–Crippen MR) is 157 cm³/mol. The summed E-state index contributed by atoms with van der Waals surface area (Å²) in [4.78, 5) is 43.6. The van der Waals surface area contributed by atoms with E-state index in [-0.39, 0.29) is 33.5 Å². The van der Waals surface area contributed by atoms with E-state index in [1.165, 1.54) is 53.3 Å². The molecule has 2 atom stereocenters. The molecule has 1 saturated heterocycles. The van der Waals surface area contributed by atoms with E-state index in [1.54, 1.807) is 18.2 Å². The van der Waals surface area contributed by atoms with Crippen LogP contribution in [0, 0.1) is 5.92 Å². The monoisotopic (exact) mass is 650 g/mol. The summed E-state index contributed by atoms with van der Waals surface area (Å²) in [5, 5.41) is -0.470. The number of ether oxygens (including phenoxy) is 3. The Balaban J connectivity index is 1.44. The van der Waals surface area contributed by atoms with Crippen LogP contribution in [0.2, 0.25) is 10.0 Å². The number of halogens is 4. The fourth-order valence-corrected chi connectivity index (χ4v) is 6.17. The van der Waals surface area contributed by atoms with Crippen LogP contribution < -0.4 is 9.47 Å². The van der Waals surface area contributed by atoms with Crippen LogP contribution in [0.3, 0.4) is 0 Å². The molecular formula is C30H26Cl2F2N2O6S. The van der Waals surface area contributed by atoms with Crippen molar-refractivity contribution in [1.29, 1.82) is 0 Å². The number of aromatic nitrogens is 1. The second-order valence-electron chi connectivity index (χ2n) is 10.0. The molecule has 0 spiro atoms. The van der Waals surface area contributed by atoms with Crippen molar-refractivity contribution in [3.63, 3.8) is 0 Å². The summed E-state index contributed by atoms with van der Waals surface area (Å²) in [5.74, 6) is -0.352. The first-order valence-corrected chi connectivity index (χ1v) is 15.2. The molecule has 2 heterocycles. The summed E-state index contributed by atoms with van der Waals surface area (Å²) in [6.07, 6.45) is 4.45. The zero-order valence-corrected chi connectivity index (χ0v) is 24.9. The van der Waals surface area contributed by atoms with Gasteiger partial charge in [-0.2, -0.15) is 8.78 Å². The molecule has 3 aromatic rings. The maximum absolute atomic E-state index is 13.7. The van der Waals surface area contributed by atoms with Gasteiger partial charge in [-0.1, -0.05) is 41.4 Å². The van der Waals surface area contributed by atoms with Gasteiger partial charge >= 0.3 is 12.6 Å². The van der Waals surface area contributed by atoms with Crippen molar-refractivity contribution in [2.24, 2.45) is 5.92 Å². The first-order chi connectivity index (χ1) is 20.7. The number of alkyl halides is 2. The summed E-state index contributed by atoms with van der Waals surface area (Å²) in [6.45, 7) is -2.44. The molecule has 1 amide bonds. The third-order valence-corrected chi connectivity index (χ3v) is 8.78. The molecular weight excluding hydrogens is 625 g/mol. The number of nitrogens with zero attached hydrogens (tertiary/aromatic N) is 2. The fourth-order valence-electron chi connectivity index (χ4n) is 4.55. The van der Waals surface area contributed by atoms with Crippen molar-refractivity contribution in [1.82, 2.24) is 9.88 Å². The van der Waals surface area contributed by atoms with Crippen LogP contribution in [0.5, 0.6) is 11.5 Å². The van der Waals surface area contributed by atoms with Gasteiger partial charge in [0.2, 0.25) is 0 Å². The molecule has 8 nitrogen and oxygen atoms in total. The zero-order chi connectivity index (χ0) is 30.5. The molecule has 226 valence electrons. The van der Waals surface area contributed by atoms with Crippen LogP contribution in [-0.4, -0.2) is 58.9 Å². The number of hydrogen-bond donors (Lipinski definition) is 0. The Morgan fingerprint density at radius 2 is 1.86 bits per heavy atom. The Labute approximate surface area is 260 Å². The normalized spacial score (nSPS) is 17.0. The van der Waals surface area contributed by atoms with Gasteiger partial charge in [0.25, 0.3) is 5.91 Å². The maximum atomic E-state index is 13.7. The maximum Gasteiger partial charge on any atom is 0.387 e. The van der Waals surface area contributed by atoms with Gasteiger partial charge < -0.3 is 19.1 Å². The highest BCUT2D eigenvalue weighted by molar-refractivity contribution is 8.00. The van der Waals surface area contributed by atoms with Crippen LogP contribution in [0.4, 0.5) is 8.78 Å². The first kappa shape index (κ1) is 31.0. The number of carbonyl (C=O) groups excluding carboxylic acids is 3. The van der Waals surface area contributed by atoms with E-state index < -0.39 is 30.0 Å². The molecule has 43 heavy (non-hydrogen) atoms. The lowest BCUT2D eigenvalue weighted by Crippen LogP contribution is -2.40. The van der Waals surface area contributed by atoms with Crippen molar-refractivity contribution in [2.75, 3.05) is 18.9 Å². The summed E-state index contributed by atoms with van der Waals surface area (Å²) in [5.41, 5.74) is 1.48. The van der Waals surface area contributed by atoms with Crippen molar-refractivity contribution >= 4 is 53.1 Å². The molecule has 1 saturated carbocycles. The molecule has 2 fully saturated rings. The third-order valence-electron chi connectivity index (χ3n) is 6.95. The minimum Gasteiger partial charge on any atom is -0.489 e. The van der Waals surface area contributed by atoms with Gasteiger partial charge in [-0.15, -0.1) is 11.8 Å². The average Bonchev–Trinajstić information content (AvgIpc) is 3.70. The van der Waals surface area contributed by atoms with E-state index in [4.69, 9.17) is 32.7 Å². The number of pyridine rings is 1. The molecule has 0 bridgehead atoms.